The number of nitrogens with one attached hydrogen (secondary N) is 2. The van der Waals surface area contributed by atoms with Crippen LogP contribution in [0.1, 0.15) is 36.1 Å². The first-order valence-electron chi connectivity index (χ1n) is 9.02. The quantitative estimate of drug-likeness (QED) is 0.614. The minimum Gasteiger partial charge on any atom is -0.350 e. The van der Waals surface area contributed by atoms with Gasteiger partial charge in [-0.25, -0.2) is 4.68 Å². The molecule has 1 amide bonds. The van der Waals surface area contributed by atoms with Crippen LogP contribution in [0.4, 0.5) is 0 Å². The molecule has 0 atom stereocenters. The second-order valence-electron chi connectivity index (χ2n) is 6.45. The second-order valence-corrected chi connectivity index (χ2v) is 6.84. The van der Waals surface area contributed by atoms with Crippen LogP contribution < -0.4 is 5.32 Å². The number of hydrogen-bond acceptors (Lipinski definition) is 4. The van der Waals surface area contributed by atoms with Crippen LogP contribution >= 0.6 is 12.2 Å². The lowest BCUT2D eigenvalue weighted by molar-refractivity contribution is -0.121. The monoisotopic (exact) mass is 384 g/mol. The molecule has 3 rings (SSSR count). The third-order valence-electron chi connectivity index (χ3n) is 4.52. The molecule has 2 aromatic heterocycles. The van der Waals surface area contributed by atoms with Gasteiger partial charge in [0.1, 0.15) is 12.4 Å². The van der Waals surface area contributed by atoms with Crippen molar-refractivity contribution in [1.29, 1.82) is 0 Å². The zero-order chi connectivity index (χ0) is 19.4. The van der Waals surface area contributed by atoms with Gasteiger partial charge in [-0.2, -0.15) is 10.2 Å². The Kier molecular flexibility index (Phi) is 5.85. The summed E-state index contributed by atoms with van der Waals surface area (Å²) >= 11 is 5.23. The number of H-pyrrole nitrogens is 1. The Morgan fingerprint density at radius 1 is 1.26 bits per heavy atom. The number of amides is 1. The van der Waals surface area contributed by atoms with Crippen LogP contribution in [-0.2, 0) is 24.3 Å². The number of aromatic amines is 1. The van der Waals surface area contributed by atoms with E-state index in [1.165, 1.54) is 0 Å². The van der Waals surface area contributed by atoms with E-state index in [2.05, 4.69) is 27.5 Å². The van der Waals surface area contributed by atoms with E-state index in [0.29, 0.717) is 11.3 Å². The van der Waals surface area contributed by atoms with Gasteiger partial charge in [-0.3, -0.25) is 14.5 Å². The summed E-state index contributed by atoms with van der Waals surface area (Å²) in [5.74, 6) is 0.707. The molecule has 0 aliphatic rings. The van der Waals surface area contributed by atoms with Crippen LogP contribution in [-0.4, -0.2) is 30.5 Å². The van der Waals surface area contributed by atoms with Crippen molar-refractivity contribution < 1.29 is 4.79 Å². The molecule has 27 heavy (non-hydrogen) atoms. The molecule has 3 aromatic rings. The van der Waals surface area contributed by atoms with E-state index < -0.39 is 0 Å². The van der Waals surface area contributed by atoms with E-state index in [1.54, 1.807) is 4.57 Å². The molecule has 0 spiro atoms. The van der Waals surface area contributed by atoms with Crippen LogP contribution in [0.2, 0.25) is 0 Å². The molecule has 0 radical (unpaired) electrons. The third kappa shape index (κ3) is 4.16. The molecule has 0 bridgehead atoms. The molecule has 2 heterocycles. The smallest absolute Gasteiger partial charge is 0.240 e. The number of para-hydroxylation sites is 1. The second kappa shape index (κ2) is 8.30. The van der Waals surface area contributed by atoms with Crippen molar-refractivity contribution >= 4 is 18.1 Å². The van der Waals surface area contributed by atoms with Gasteiger partial charge in [0.25, 0.3) is 0 Å². The molecule has 1 aromatic carbocycles. The van der Waals surface area contributed by atoms with Gasteiger partial charge in [0.05, 0.1) is 11.4 Å². The number of carbonyl (C=O) groups excluding carboxylic acids is 1. The predicted molar refractivity (Wildman–Crippen MR) is 106 cm³/mol. The first-order valence-corrected chi connectivity index (χ1v) is 9.43. The van der Waals surface area contributed by atoms with E-state index in [-0.39, 0.29) is 12.5 Å². The fourth-order valence-electron chi connectivity index (χ4n) is 3.07. The van der Waals surface area contributed by atoms with Gasteiger partial charge < -0.3 is 5.32 Å². The molecular weight excluding hydrogens is 360 g/mol. The number of carbonyl (C=O) groups is 1. The normalized spacial score (nSPS) is 10.9. The fourth-order valence-corrected chi connectivity index (χ4v) is 3.28. The molecule has 142 valence electrons. The zero-order valence-electron chi connectivity index (χ0n) is 15.8. The summed E-state index contributed by atoms with van der Waals surface area (Å²) in [5, 5.41) is 14.6. The predicted octanol–water partition coefficient (Wildman–Crippen LogP) is 3.01. The number of aryl methyl sites for hydroxylation is 2. The van der Waals surface area contributed by atoms with Gasteiger partial charge >= 0.3 is 0 Å². The van der Waals surface area contributed by atoms with Crippen LogP contribution in [0.15, 0.2) is 30.3 Å². The van der Waals surface area contributed by atoms with Gasteiger partial charge in [0, 0.05) is 24.2 Å². The molecule has 0 aliphatic heterocycles. The maximum atomic E-state index is 12.4. The highest BCUT2D eigenvalue weighted by molar-refractivity contribution is 7.71. The molecule has 0 aliphatic carbocycles. The Bertz CT molecular complexity index is 986. The summed E-state index contributed by atoms with van der Waals surface area (Å²) in [4.78, 5) is 12.4. The van der Waals surface area contributed by atoms with Crippen molar-refractivity contribution in [3.8, 4) is 5.69 Å². The van der Waals surface area contributed by atoms with Crippen LogP contribution in [0, 0.1) is 18.6 Å². The zero-order valence-corrected chi connectivity index (χ0v) is 16.6. The van der Waals surface area contributed by atoms with E-state index >= 15 is 0 Å². The van der Waals surface area contributed by atoms with Crippen molar-refractivity contribution in [1.82, 2.24) is 29.9 Å². The van der Waals surface area contributed by atoms with E-state index in [0.717, 1.165) is 41.3 Å². The van der Waals surface area contributed by atoms with Crippen LogP contribution in [0.25, 0.3) is 5.69 Å². The summed E-state index contributed by atoms with van der Waals surface area (Å²) in [6.07, 6.45) is 1.72. The maximum Gasteiger partial charge on any atom is 0.240 e. The molecule has 0 fully saturated rings. The first-order chi connectivity index (χ1) is 13.0. The van der Waals surface area contributed by atoms with Crippen molar-refractivity contribution in [2.75, 3.05) is 0 Å². The minimum atomic E-state index is -0.101. The van der Waals surface area contributed by atoms with Crippen molar-refractivity contribution in [3.05, 3.63) is 57.9 Å². The number of rotatable bonds is 7. The highest BCUT2D eigenvalue weighted by atomic mass is 32.1. The van der Waals surface area contributed by atoms with Gasteiger partial charge in [-0.05, 0) is 44.6 Å². The Labute approximate surface area is 163 Å². The summed E-state index contributed by atoms with van der Waals surface area (Å²) in [6, 6.07) is 9.96. The average molecular weight is 385 g/mol. The van der Waals surface area contributed by atoms with Crippen LogP contribution in [0.5, 0.6) is 0 Å². The lowest BCUT2D eigenvalue weighted by atomic mass is 10.2. The van der Waals surface area contributed by atoms with E-state index in [4.69, 9.17) is 12.2 Å². The molecule has 0 saturated carbocycles. The van der Waals surface area contributed by atoms with Gasteiger partial charge in [-0.1, -0.05) is 25.1 Å². The number of nitrogens with zero attached hydrogens (tertiary/aromatic N) is 4. The van der Waals surface area contributed by atoms with Crippen molar-refractivity contribution in [3.63, 3.8) is 0 Å². The highest BCUT2D eigenvalue weighted by Gasteiger charge is 2.15. The minimum absolute atomic E-state index is 0.101. The standard InChI is InChI=1S/C19H24N6OS/c1-4-8-17-21-22-19(27)24(17)12-18(26)20-11-16-13(2)23-25(14(16)3)15-9-6-5-7-10-15/h5-7,9-10H,4,8,11-12H2,1-3H3,(H,20,26)(H,22,27). The average Bonchev–Trinajstić information content (AvgIpc) is 3.14. The van der Waals surface area contributed by atoms with E-state index in [9.17, 15) is 4.79 Å². The Hall–Kier alpha value is -2.74. The van der Waals surface area contributed by atoms with Gasteiger partial charge in [-0.15, -0.1) is 0 Å². The summed E-state index contributed by atoms with van der Waals surface area (Å²) in [5.41, 5.74) is 3.95. The third-order valence-corrected chi connectivity index (χ3v) is 4.83. The number of benzene rings is 1. The van der Waals surface area contributed by atoms with Crippen molar-refractivity contribution in [2.45, 2.75) is 46.7 Å². The SMILES string of the molecule is CCCc1n[nH]c(=S)n1CC(=O)NCc1c(C)nn(-c2ccccc2)c1C. The largest absolute Gasteiger partial charge is 0.350 e. The lowest BCUT2D eigenvalue weighted by Crippen LogP contribution is -2.28. The Morgan fingerprint density at radius 3 is 2.70 bits per heavy atom. The first kappa shape index (κ1) is 19.0. The Morgan fingerprint density at radius 2 is 2.00 bits per heavy atom. The Balaban J connectivity index is 1.70. The molecule has 0 unspecified atom stereocenters. The fraction of sp³-hybridized carbons (Fsp3) is 0.368. The number of hydrogen-bond donors (Lipinski definition) is 2. The molecule has 2 N–H and O–H groups in total. The molecule has 7 nitrogen and oxygen atoms in total. The molecule has 8 heteroatoms. The summed E-state index contributed by atoms with van der Waals surface area (Å²) < 4.78 is 4.13. The van der Waals surface area contributed by atoms with Gasteiger partial charge in [0.2, 0.25) is 5.91 Å². The van der Waals surface area contributed by atoms with Crippen LogP contribution in [0.3, 0.4) is 0 Å². The lowest BCUT2D eigenvalue weighted by Gasteiger charge is -2.09. The molecular formula is C19H24N6OS. The molecule has 0 saturated heterocycles. The summed E-state index contributed by atoms with van der Waals surface area (Å²) in [7, 11) is 0. The van der Waals surface area contributed by atoms with Gasteiger partial charge in [0.15, 0.2) is 4.77 Å². The topological polar surface area (TPSA) is 80.5 Å². The summed E-state index contributed by atoms with van der Waals surface area (Å²) in [6.45, 7) is 6.63. The maximum absolute atomic E-state index is 12.4. The van der Waals surface area contributed by atoms with Crippen molar-refractivity contribution in [2.24, 2.45) is 0 Å². The van der Waals surface area contributed by atoms with E-state index in [1.807, 2.05) is 48.9 Å². The number of aromatic nitrogens is 5. The highest BCUT2D eigenvalue weighted by Crippen LogP contribution is 2.17.